The first-order valence-electron chi connectivity index (χ1n) is 10.3. The van der Waals surface area contributed by atoms with Gasteiger partial charge in [-0.25, -0.2) is 0 Å². The molecule has 0 spiro atoms. The SMILES string of the molecule is CCCN1CCC(NC(=NCC(O)COc2ccc([N+](=O)[O-])cc2)NCC)CC1. The molecule has 0 aromatic heterocycles. The van der Waals surface area contributed by atoms with Gasteiger partial charge >= 0.3 is 0 Å². The van der Waals surface area contributed by atoms with E-state index in [1.165, 1.54) is 30.7 Å². The number of benzene rings is 1. The zero-order valence-electron chi connectivity index (χ0n) is 17.3. The molecule has 0 amide bonds. The van der Waals surface area contributed by atoms with Crippen molar-refractivity contribution in [2.24, 2.45) is 4.99 Å². The van der Waals surface area contributed by atoms with Gasteiger partial charge in [-0.05, 0) is 44.9 Å². The zero-order chi connectivity index (χ0) is 21.1. The Kier molecular flexibility index (Phi) is 9.66. The maximum Gasteiger partial charge on any atom is 0.269 e. The predicted molar refractivity (Wildman–Crippen MR) is 113 cm³/mol. The van der Waals surface area contributed by atoms with Crippen LogP contribution in [0.1, 0.15) is 33.1 Å². The number of non-ortho nitro benzene ring substituents is 1. The number of likely N-dealkylation sites (tertiary alicyclic amines) is 1. The summed E-state index contributed by atoms with van der Waals surface area (Å²) in [5.74, 6) is 1.18. The van der Waals surface area contributed by atoms with E-state index in [4.69, 9.17) is 4.74 Å². The molecule has 1 unspecified atom stereocenters. The van der Waals surface area contributed by atoms with Crippen molar-refractivity contribution in [3.05, 3.63) is 34.4 Å². The molecule has 1 aromatic rings. The van der Waals surface area contributed by atoms with Gasteiger partial charge in [0.1, 0.15) is 18.5 Å². The van der Waals surface area contributed by atoms with Crippen LogP contribution >= 0.6 is 0 Å². The van der Waals surface area contributed by atoms with Crippen LogP contribution in [0.2, 0.25) is 0 Å². The first kappa shape index (κ1) is 22.9. The van der Waals surface area contributed by atoms with Gasteiger partial charge in [0.05, 0.1) is 11.5 Å². The molecule has 1 fully saturated rings. The maximum absolute atomic E-state index is 10.7. The molecule has 0 radical (unpaired) electrons. The number of nitro groups is 1. The standard InChI is InChI=1S/C20H33N5O4/c1-3-11-24-12-9-16(10-13-24)23-20(21-4-2)22-14-18(26)15-29-19-7-5-17(6-8-19)25(27)28/h5-8,16,18,26H,3-4,9-15H2,1-2H3,(H2,21,22,23). The van der Waals surface area contributed by atoms with Gasteiger partial charge in [-0.3, -0.25) is 15.1 Å². The van der Waals surface area contributed by atoms with Crippen LogP contribution in [0, 0.1) is 10.1 Å². The normalized spacial score (nSPS) is 17.0. The number of aliphatic imine (C=N–C) groups is 1. The molecule has 1 aliphatic heterocycles. The quantitative estimate of drug-likeness (QED) is 0.234. The highest BCUT2D eigenvalue weighted by Gasteiger charge is 2.19. The largest absolute Gasteiger partial charge is 0.491 e. The minimum atomic E-state index is -0.771. The molecular formula is C20H33N5O4. The number of nitrogens with zero attached hydrogens (tertiary/aromatic N) is 3. The van der Waals surface area contributed by atoms with E-state index in [9.17, 15) is 15.2 Å². The lowest BCUT2D eigenvalue weighted by molar-refractivity contribution is -0.384. The number of rotatable bonds is 10. The van der Waals surface area contributed by atoms with Crippen LogP contribution in [0.4, 0.5) is 5.69 Å². The summed E-state index contributed by atoms with van der Waals surface area (Å²) in [6.45, 7) is 8.57. The van der Waals surface area contributed by atoms with Crippen LogP contribution in [-0.4, -0.2) is 72.4 Å². The minimum Gasteiger partial charge on any atom is -0.491 e. The highest BCUT2D eigenvalue weighted by molar-refractivity contribution is 5.80. The van der Waals surface area contributed by atoms with E-state index < -0.39 is 11.0 Å². The van der Waals surface area contributed by atoms with Crippen LogP contribution in [0.3, 0.4) is 0 Å². The summed E-state index contributed by atoms with van der Waals surface area (Å²) in [6, 6.07) is 6.17. The molecule has 9 nitrogen and oxygen atoms in total. The average molecular weight is 408 g/mol. The van der Waals surface area contributed by atoms with Crippen LogP contribution in [0.5, 0.6) is 5.75 Å². The molecule has 1 aliphatic rings. The summed E-state index contributed by atoms with van der Waals surface area (Å²) in [4.78, 5) is 17.2. The highest BCUT2D eigenvalue weighted by Crippen LogP contribution is 2.17. The molecule has 0 aliphatic carbocycles. The number of ether oxygens (including phenoxy) is 1. The Morgan fingerprint density at radius 3 is 2.62 bits per heavy atom. The van der Waals surface area contributed by atoms with Crippen molar-refractivity contribution in [2.75, 3.05) is 39.3 Å². The van der Waals surface area contributed by atoms with Gasteiger partial charge in [0.25, 0.3) is 5.69 Å². The molecule has 0 saturated carbocycles. The van der Waals surface area contributed by atoms with Gasteiger partial charge in [-0.2, -0.15) is 0 Å². The number of nitrogens with one attached hydrogen (secondary N) is 2. The maximum atomic E-state index is 10.7. The second-order valence-electron chi connectivity index (χ2n) is 7.20. The van der Waals surface area contributed by atoms with Crippen LogP contribution in [0.25, 0.3) is 0 Å². The van der Waals surface area contributed by atoms with Crippen molar-refractivity contribution in [1.82, 2.24) is 15.5 Å². The van der Waals surface area contributed by atoms with Crippen molar-refractivity contribution in [3.63, 3.8) is 0 Å². The monoisotopic (exact) mass is 407 g/mol. The zero-order valence-corrected chi connectivity index (χ0v) is 17.3. The molecular weight excluding hydrogens is 374 g/mol. The summed E-state index contributed by atoms with van der Waals surface area (Å²) in [5, 5.41) is 27.5. The fraction of sp³-hybridized carbons (Fsp3) is 0.650. The van der Waals surface area contributed by atoms with E-state index in [0.717, 1.165) is 39.0 Å². The first-order valence-corrected chi connectivity index (χ1v) is 10.3. The molecule has 162 valence electrons. The van der Waals surface area contributed by atoms with Crippen LogP contribution in [-0.2, 0) is 0 Å². The number of aliphatic hydroxyl groups is 1. The number of aliphatic hydroxyl groups excluding tert-OH is 1. The molecule has 1 saturated heterocycles. The molecule has 2 rings (SSSR count). The second kappa shape index (κ2) is 12.2. The lowest BCUT2D eigenvalue weighted by Crippen LogP contribution is -2.49. The summed E-state index contributed by atoms with van der Waals surface area (Å²) in [5.41, 5.74) is 0.00406. The Labute approximate surface area is 172 Å². The van der Waals surface area contributed by atoms with Crippen molar-refractivity contribution in [3.8, 4) is 5.75 Å². The smallest absolute Gasteiger partial charge is 0.269 e. The lowest BCUT2D eigenvalue weighted by Gasteiger charge is -2.32. The number of hydrogen-bond acceptors (Lipinski definition) is 6. The van der Waals surface area contributed by atoms with Crippen LogP contribution < -0.4 is 15.4 Å². The topological polar surface area (TPSA) is 112 Å². The van der Waals surface area contributed by atoms with Crippen LogP contribution in [0.15, 0.2) is 29.3 Å². The van der Waals surface area contributed by atoms with Gasteiger partial charge in [0.15, 0.2) is 5.96 Å². The van der Waals surface area contributed by atoms with Gasteiger partial charge in [0.2, 0.25) is 0 Å². The third-order valence-electron chi connectivity index (χ3n) is 4.76. The van der Waals surface area contributed by atoms with Gasteiger partial charge < -0.3 is 25.4 Å². The van der Waals surface area contributed by atoms with Crippen molar-refractivity contribution >= 4 is 11.6 Å². The predicted octanol–water partition coefficient (Wildman–Crippen LogP) is 1.76. The van der Waals surface area contributed by atoms with Crippen molar-refractivity contribution in [2.45, 2.75) is 45.3 Å². The molecule has 0 bridgehead atoms. The molecule has 1 heterocycles. The highest BCUT2D eigenvalue weighted by atomic mass is 16.6. The summed E-state index contributed by atoms with van der Waals surface area (Å²) in [7, 11) is 0. The van der Waals surface area contributed by atoms with Gasteiger partial charge in [0, 0.05) is 37.8 Å². The van der Waals surface area contributed by atoms with Crippen molar-refractivity contribution in [1.29, 1.82) is 0 Å². The van der Waals surface area contributed by atoms with Gasteiger partial charge in [-0.15, -0.1) is 0 Å². The molecule has 29 heavy (non-hydrogen) atoms. The number of piperidine rings is 1. The Morgan fingerprint density at radius 2 is 2.03 bits per heavy atom. The van der Waals surface area contributed by atoms with E-state index >= 15 is 0 Å². The van der Waals surface area contributed by atoms with E-state index in [1.807, 2.05) is 6.92 Å². The number of guanidine groups is 1. The fourth-order valence-electron chi connectivity index (χ4n) is 3.24. The Balaban J connectivity index is 1.77. The fourth-order valence-corrected chi connectivity index (χ4v) is 3.24. The summed E-state index contributed by atoms with van der Waals surface area (Å²) >= 11 is 0. The summed E-state index contributed by atoms with van der Waals surface area (Å²) in [6.07, 6.45) is 2.57. The Morgan fingerprint density at radius 1 is 1.34 bits per heavy atom. The molecule has 9 heteroatoms. The average Bonchev–Trinajstić information content (AvgIpc) is 2.72. The van der Waals surface area contributed by atoms with E-state index in [1.54, 1.807) is 0 Å². The van der Waals surface area contributed by atoms with E-state index in [0.29, 0.717) is 17.8 Å². The third kappa shape index (κ3) is 8.25. The molecule has 1 atom stereocenters. The summed E-state index contributed by atoms with van der Waals surface area (Å²) < 4.78 is 5.49. The van der Waals surface area contributed by atoms with Gasteiger partial charge in [-0.1, -0.05) is 6.92 Å². The lowest BCUT2D eigenvalue weighted by atomic mass is 10.1. The Hall–Kier alpha value is -2.39. The Bertz CT molecular complexity index is 645. The number of nitro benzene ring substituents is 1. The number of hydrogen-bond donors (Lipinski definition) is 3. The third-order valence-corrected chi connectivity index (χ3v) is 4.76. The molecule has 1 aromatic carbocycles. The van der Waals surface area contributed by atoms with E-state index in [-0.39, 0.29) is 18.8 Å². The van der Waals surface area contributed by atoms with Crippen molar-refractivity contribution < 1.29 is 14.8 Å². The van der Waals surface area contributed by atoms with E-state index in [2.05, 4.69) is 27.4 Å². The second-order valence-corrected chi connectivity index (χ2v) is 7.20. The first-order chi connectivity index (χ1) is 14.0. The minimum absolute atomic E-state index is 0.00406. The molecule has 3 N–H and O–H groups in total.